The Morgan fingerprint density at radius 3 is 2.88 bits per heavy atom. The van der Waals surface area contributed by atoms with E-state index in [1.54, 1.807) is 11.8 Å². The third-order valence-electron chi connectivity index (χ3n) is 4.38. The zero-order valence-corrected chi connectivity index (χ0v) is 14.9. The molecule has 1 aromatic rings. The van der Waals surface area contributed by atoms with Crippen LogP contribution in [0.3, 0.4) is 0 Å². The Bertz CT molecular complexity index is 589. The zero-order valence-electron chi connectivity index (χ0n) is 14.9. The Morgan fingerprint density at radius 2 is 2.16 bits per heavy atom. The van der Waals surface area contributed by atoms with Crippen LogP contribution in [0.1, 0.15) is 25.8 Å². The lowest BCUT2D eigenvalue weighted by Gasteiger charge is -2.31. The number of fused-ring (bicyclic) bond motifs is 1. The highest BCUT2D eigenvalue weighted by Crippen LogP contribution is 2.28. The standard InChI is InChI=1S/C19H27NO5/c1-3-24-10-6-9-20(12-14(2)19(22)23)18(21)16-11-15-7-4-5-8-17(15)25-13-16/h4-5,7-8,14,16H,3,6,9-13H2,1-2H3,(H,22,23). The van der Waals surface area contributed by atoms with E-state index in [0.29, 0.717) is 39.2 Å². The van der Waals surface area contributed by atoms with E-state index >= 15 is 0 Å². The molecule has 0 fully saturated rings. The van der Waals surface area contributed by atoms with Gasteiger partial charge in [0.1, 0.15) is 12.4 Å². The Morgan fingerprint density at radius 1 is 1.40 bits per heavy atom. The third-order valence-corrected chi connectivity index (χ3v) is 4.38. The first-order chi connectivity index (χ1) is 12.0. The second-order valence-electron chi connectivity index (χ2n) is 6.39. The normalized spacial score (nSPS) is 17.3. The quantitative estimate of drug-likeness (QED) is 0.692. The molecule has 25 heavy (non-hydrogen) atoms. The summed E-state index contributed by atoms with van der Waals surface area (Å²) in [7, 11) is 0. The van der Waals surface area contributed by atoms with Crippen molar-refractivity contribution in [3.8, 4) is 5.75 Å². The number of nitrogens with zero attached hydrogens (tertiary/aromatic N) is 1. The molecule has 1 aromatic carbocycles. The van der Waals surface area contributed by atoms with E-state index in [9.17, 15) is 14.7 Å². The minimum Gasteiger partial charge on any atom is -0.492 e. The van der Waals surface area contributed by atoms with Gasteiger partial charge >= 0.3 is 5.97 Å². The summed E-state index contributed by atoms with van der Waals surface area (Å²) >= 11 is 0. The van der Waals surface area contributed by atoms with Crippen LogP contribution in [0.15, 0.2) is 24.3 Å². The van der Waals surface area contributed by atoms with Crippen LogP contribution in [0, 0.1) is 11.8 Å². The summed E-state index contributed by atoms with van der Waals surface area (Å²) in [5, 5.41) is 9.18. The molecule has 0 saturated heterocycles. The van der Waals surface area contributed by atoms with Crippen molar-refractivity contribution in [1.82, 2.24) is 4.90 Å². The summed E-state index contributed by atoms with van der Waals surface area (Å²) in [6.45, 7) is 5.77. The molecule has 1 N–H and O–H groups in total. The summed E-state index contributed by atoms with van der Waals surface area (Å²) in [6.07, 6.45) is 1.31. The second-order valence-corrected chi connectivity index (χ2v) is 6.39. The van der Waals surface area contributed by atoms with E-state index in [1.807, 2.05) is 31.2 Å². The number of rotatable bonds is 9. The van der Waals surface area contributed by atoms with E-state index < -0.39 is 11.9 Å². The first-order valence-electron chi connectivity index (χ1n) is 8.83. The van der Waals surface area contributed by atoms with Crippen LogP contribution < -0.4 is 4.74 Å². The number of ether oxygens (including phenoxy) is 2. The number of hydrogen-bond donors (Lipinski definition) is 1. The molecular weight excluding hydrogens is 322 g/mol. The van der Waals surface area contributed by atoms with Gasteiger partial charge in [-0.05, 0) is 31.4 Å². The van der Waals surface area contributed by atoms with Crippen LogP contribution in [-0.2, 0) is 20.7 Å². The predicted octanol–water partition coefficient (Wildman–Crippen LogP) is 2.21. The maximum absolute atomic E-state index is 12.9. The van der Waals surface area contributed by atoms with Gasteiger partial charge < -0.3 is 19.5 Å². The first kappa shape index (κ1) is 19.2. The molecule has 138 valence electrons. The largest absolute Gasteiger partial charge is 0.492 e. The van der Waals surface area contributed by atoms with E-state index in [-0.39, 0.29) is 18.4 Å². The lowest BCUT2D eigenvalue weighted by molar-refractivity contribution is -0.144. The number of carbonyl (C=O) groups is 2. The molecule has 0 radical (unpaired) electrons. The predicted molar refractivity (Wildman–Crippen MR) is 93.6 cm³/mol. The molecule has 6 heteroatoms. The summed E-state index contributed by atoms with van der Waals surface area (Å²) in [5.41, 5.74) is 1.02. The number of carboxylic acid groups (broad SMARTS) is 1. The first-order valence-corrected chi connectivity index (χ1v) is 8.83. The molecular formula is C19H27NO5. The number of amides is 1. The molecule has 1 aliphatic heterocycles. The SMILES string of the molecule is CCOCCCN(CC(C)C(=O)O)C(=O)C1COc2ccccc2C1. The van der Waals surface area contributed by atoms with Gasteiger partial charge in [0, 0.05) is 26.3 Å². The monoisotopic (exact) mass is 349 g/mol. The Balaban J connectivity index is 2.02. The lowest BCUT2D eigenvalue weighted by atomic mass is 9.95. The highest BCUT2D eigenvalue weighted by molar-refractivity contribution is 5.80. The lowest BCUT2D eigenvalue weighted by Crippen LogP contribution is -2.44. The van der Waals surface area contributed by atoms with Crippen LogP contribution in [0.4, 0.5) is 0 Å². The van der Waals surface area contributed by atoms with Gasteiger partial charge in [0.25, 0.3) is 0 Å². The van der Waals surface area contributed by atoms with Gasteiger partial charge in [0.2, 0.25) is 5.91 Å². The van der Waals surface area contributed by atoms with E-state index in [0.717, 1.165) is 11.3 Å². The minimum absolute atomic E-state index is 0.0425. The highest BCUT2D eigenvalue weighted by atomic mass is 16.5. The molecule has 6 nitrogen and oxygen atoms in total. The van der Waals surface area contributed by atoms with Crippen LogP contribution in [0.25, 0.3) is 0 Å². The van der Waals surface area contributed by atoms with Crippen molar-refractivity contribution in [2.45, 2.75) is 26.7 Å². The molecule has 2 rings (SSSR count). The maximum atomic E-state index is 12.9. The fraction of sp³-hybridized carbons (Fsp3) is 0.579. The average Bonchev–Trinajstić information content (AvgIpc) is 2.63. The van der Waals surface area contributed by atoms with Gasteiger partial charge in [-0.2, -0.15) is 0 Å². The molecule has 2 unspecified atom stereocenters. The topological polar surface area (TPSA) is 76.1 Å². The number of carbonyl (C=O) groups excluding carboxylic acids is 1. The molecule has 0 aliphatic carbocycles. The van der Waals surface area contributed by atoms with Crippen LogP contribution >= 0.6 is 0 Å². The van der Waals surface area contributed by atoms with Crippen molar-refractivity contribution in [1.29, 1.82) is 0 Å². The fourth-order valence-corrected chi connectivity index (χ4v) is 2.95. The third kappa shape index (κ3) is 5.46. The van der Waals surface area contributed by atoms with Gasteiger partial charge in [0.15, 0.2) is 0 Å². The summed E-state index contributed by atoms with van der Waals surface area (Å²) in [6, 6.07) is 7.72. The number of hydrogen-bond acceptors (Lipinski definition) is 4. The highest BCUT2D eigenvalue weighted by Gasteiger charge is 2.30. The van der Waals surface area contributed by atoms with Crippen LogP contribution in [0.2, 0.25) is 0 Å². The molecule has 0 saturated carbocycles. The van der Waals surface area contributed by atoms with Crippen molar-refractivity contribution in [3.05, 3.63) is 29.8 Å². The summed E-state index contributed by atoms with van der Waals surface area (Å²) in [5.74, 6) is -0.990. The molecule has 0 aromatic heterocycles. The van der Waals surface area contributed by atoms with Crippen molar-refractivity contribution in [2.75, 3.05) is 32.9 Å². The maximum Gasteiger partial charge on any atom is 0.308 e. The van der Waals surface area contributed by atoms with E-state index in [4.69, 9.17) is 9.47 Å². The van der Waals surface area contributed by atoms with Crippen LogP contribution in [0.5, 0.6) is 5.75 Å². The average molecular weight is 349 g/mol. The minimum atomic E-state index is -0.896. The van der Waals surface area contributed by atoms with Crippen molar-refractivity contribution in [3.63, 3.8) is 0 Å². The van der Waals surface area contributed by atoms with E-state index in [1.165, 1.54) is 0 Å². The molecule has 2 atom stereocenters. The molecule has 0 spiro atoms. The van der Waals surface area contributed by atoms with Crippen molar-refractivity contribution >= 4 is 11.9 Å². The number of benzene rings is 1. The van der Waals surface area contributed by atoms with E-state index in [2.05, 4.69) is 0 Å². The van der Waals surface area contributed by atoms with Gasteiger partial charge in [-0.1, -0.05) is 25.1 Å². The van der Waals surface area contributed by atoms with Gasteiger partial charge in [-0.3, -0.25) is 9.59 Å². The molecule has 1 heterocycles. The van der Waals surface area contributed by atoms with Gasteiger partial charge in [0.05, 0.1) is 11.8 Å². The number of para-hydroxylation sites is 1. The Hall–Kier alpha value is -2.08. The van der Waals surface area contributed by atoms with Crippen molar-refractivity contribution in [2.24, 2.45) is 11.8 Å². The zero-order chi connectivity index (χ0) is 18.2. The Labute approximate surface area is 148 Å². The summed E-state index contributed by atoms with van der Waals surface area (Å²) < 4.78 is 11.0. The van der Waals surface area contributed by atoms with Gasteiger partial charge in [-0.15, -0.1) is 0 Å². The molecule has 0 bridgehead atoms. The Kier molecular flexibility index (Phi) is 7.25. The van der Waals surface area contributed by atoms with Crippen molar-refractivity contribution < 1.29 is 24.2 Å². The second kappa shape index (κ2) is 9.42. The molecule has 1 amide bonds. The van der Waals surface area contributed by atoms with Crippen LogP contribution in [-0.4, -0.2) is 54.8 Å². The smallest absolute Gasteiger partial charge is 0.308 e. The van der Waals surface area contributed by atoms with Gasteiger partial charge in [-0.25, -0.2) is 0 Å². The number of aliphatic carboxylic acids is 1. The summed E-state index contributed by atoms with van der Waals surface area (Å²) in [4.78, 5) is 25.8. The molecule has 1 aliphatic rings. The fourth-order valence-electron chi connectivity index (χ4n) is 2.95. The number of carboxylic acids is 1.